The maximum atomic E-state index is 11.3. The van der Waals surface area contributed by atoms with E-state index in [-0.39, 0.29) is 0 Å². The molecule has 3 rings (SSSR count). The largest absolute Gasteiger partial charge is 0.301 e. The molecule has 5 heteroatoms. The molecule has 2 N–H and O–H groups in total. The van der Waals surface area contributed by atoms with E-state index in [1.54, 1.807) is 11.3 Å². The lowest BCUT2D eigenvalue weighted by molar-refractivity contribution is -0.107. The van der Waals surface area contributed by atoms with Crippen LogP contribution in [0.15, 0.2) is 46.8 Å². The van der Waals surface area contributed by atoms with Crippen molar-refractivity contribution in [3.05, 3.63) is 46.7 Å². The number of nitrogens with two attached hydrogens (primary N) is 1. The van der Waals surface area contributed by atoms with Gasteiger partial charge in [0.1, 0.15) is 12.3 Å². The summed E-state index contributed by atoms with van der Waals surface area (Å²) >= 11 is 1.55. The van der Waals surface area contributed by atoms with Gasteiger partial charge in [-0.15, -0.1) is 11.3 Å². The van der Waals surface area contributed by atoms with Crippen LogP contribution in [-0.4, -0.2) is 18.0 Å². The van der Waals surface area contributed by atoms with Crippen LogP contribution in [-0.2, 0) is 4.79 Å². The lowest BCUT2D eigenvalue weighted by Gasteiger charge is -2.30. The van der Waals surface area contributed by atoms with Crippen LogP contribution in [0.1, 0.15) is 4.88 Å². The van der Waals surface area contributed by atoms with E-state index in [9.17, 15) is 4.79 Å². The molecule has 2 heterocycles. The van der Waals surface area contributed by atoms with Gasteiger partial charge in [0.2, 0.25) is 0 Å². The van der Waals surface area contributed by atoms with Gasteiger partial charge in [-0.05, 0) is 23.6 Å². The Balaban J connectivity index is 2.18. The lowest BCUT2D eigenvalue weighted by atomic mass is 10.1. The summed E-state index contributed by atoms with van der Waals surface area (Å²) in [6, 6.07) is 10.9. The van der Waals surface area contributed by atoms with E-state index < -0.39 is 6.04 Å². The van der Waals surface area contributed by atoms with Crippen molar-refractivity contribution in [3.8, 4) is 0 Å². The van der Waals surface area contributed by atoms with E-state index in [1.807, 2.05) is 41.8 Å². The number of nitrogens with zero attached hydrogens (tertiary/aromatic N) is 2. The number of thiophene rings is 1. The predicted molar refractivity (Wildman–Crippen MR) is 73.5 cm³/mol. The van der Waals surface area contributed by atoms with Gasteiger partial charge in [-0.2, -0.15) is 0 Å². The van der Waals surface area contributed by atoms with Crippen LogP contribution in [0, 0.1) is 0 Å². The first-order valence-electron chi connectivity index (χ1n) is 5.52. The van der Waals surface area contributed by atoms with E-state index >= 15 is 0 Å². The molecule has 0 fully saturated rings. The van der Waals surface area contributed by atoms with Crippen molar-refractivity contribution in [2.75, 3.05) is 5.01 Å². The lowest BCUT2D eigenvalue weighted by Crippen LogP contribution is -2.49. The summed E-state index contributed by atoms with van der Waals surface area (Å²) < 4.78 is 0. The van der Waals surface area contributed by atoms with Crippen LogP contribution in [0.25, 0.3) is 0 Å². The second-order valence-corrected chi connectivity index (χ2v) is 4.90. The van der Waals surface area contributed by atoms with Gasteiger partial charge >= 0.3 is 0 Å². The third kappa shape index (κ3) is 1.64. The number of benzene rings is 1. The summed E-state index contributed by atoms with van der Waals surface area (Å²) in [6.45, 7) is 0. The van der Waals surface area contributed by atoms with Crippen LogP contribution < -0.4 is 10.9 Å². The number of rotatable bonds is 2. The molecule has 2 aromatic rings. The first-order chi connectivity index (χ1) is 8.81. The summed E-state index contributed by atoms with van der Waals surface area (Å²) in [7, 11) is 0. The maximum Gasteiger partial charge on any atom is 0.150 e. The van der Waals surface area contributed by atoms with E-state index in [2.05, 4.69) is 4.99 Å². The van der Waals surface area contributed by atoms with Gasteiger partial charge in [0.05, 0.1) is 22.0 Å². The van der Waals surface area contributed by atoms with Gasteiger partial charge in [0, 0.05) is 0 Å². The first-order valence-corrected chi connectivity index (χ1v) is 6.40. The Morgan fingerprint density at radius 3 is 2.83 bits per heavy atom. The maximum absolute atomic E-state index is 11.3. The quantitative estimate of drug-likeness (QED) is 0.662. The molecular weight excluding hydrogens is 246 g/mol. The monoisotopic (exact) mass is 257 g/mol. The molecule has 1 aromatic carbocycles. The third-order valence-corrected chi connectivity index (χ3v) is 3.78. The second kappa shape index (κ2) is 4.36. The zero-order valence-electron chi connectivity index (χ0n) is 9.48. The van der Waals surface area contributed by atoms with E-state index in [4.69, 9.17) is 5.84 Å². The number of fused-ring (bicyclic) bond motifs is 1. The number of hydrogen-bond acceptors (Lipinski definition) is 5. The molecule has 1 aliphatic rings. The molecule has 0 amide bonds. The summed E-state index contributed by atoms with van der Waals surface area (Å²) in [5.41, 5.74) is 2.28. The molecule has 0 aliphatic carbocycles. The Morgan fingerprint density at radius 1 is 1.28 bits per heavy atom. The standard InChI is InChI=1S/C13H11N3OS/c14-16-10-5-2-1-4-9(10)15-13(11(16)8-17)12-6-3-7-18-12/h1-8,11H,14H2. The number of anilines is 1. The van der Waals surface area contributed by atoms with Crippen LogP contribution in [0.4, 0.5) is 11.4 Å². The first kappa shape index (κ1) is 11.1. The van der Waals surface area contributed by atoms with Crippen LogP contribution in [0.2, 0.25) is 0 Å². The van der Waals surface area contributed by atoms with Crippen molar-refractivity contribution >= 4 is 34.7 Å². The molecule has 4 nitrogen and oxygen atoms in total. The van der Waals surface area contributed by atoms with Crippen molar-refractivity contribution in [1.29, 1.82) is 0 Å². The molecule has 18 heavy (non-hydrogen) atoms. The van der Waals surface area contributed by atoms with E-state index in [1.165, 1.54) is 5.01 Å². The molecule has 0 saturated heterocycles. The molecule has 1 unspecified atom stereocenters. The second-order valence-electron chi connectivity index (χ2n) is 3.95. The summed E-state index contributed by atoms with van der Waals surface area (Å²) in [5.74, 6) is 6.02. The summed E-state index contributed by atoms with van der Waals surface area (Å²) in [4.78, 5) is 16.8. The third-order valence-electron chi connectivity index (χ3n) is 2.88. The normalized spacial score (nSPS) is 18.2. The Hall–Kier alpha value is -1.98. The average Bonchev–Trinajstić information content (AvgIpc) is 2.92. The number of hydrogen-bond donors (Lipinski definition) is 1. The Kier molecular flexibility index (Phi) is 2.70. The van der Waals surface area contributed by atoms with E-state index in [0.717, 1.165) is 22.5 Å². The van der Waals surface area contributed by atoms with Gasteiger partial charge in [-0.25, -0.2) is 10.8 Å². The Labute approximate surface area is 108 Å². The average molecular weight is 257 g/mol. The van der Waals surface area contributed by atoms with Crippen molar-refractivity contribution in [2.45, 2.75) is 6.04 Å². The smallest absolute Gasteiger partial charge is 0.150 e. The number of para-hydroxylation sites is 2. The number of aldehydes is 1. The highest BCUT2D eigenvalue weighted by molar-refractivity contribution is 7.12. The van der Waals surface area contributed by atoms with Crippen molar-refractivity contribution in [3.63, 3.8) is 0 Å². The highest BCUT2D eigenvalue weighted by atomic mass is 32.1. The molecule has 0 saturated carbocycles. The molecule has 0 radical (unpaired) electrons. The van der Waals surface area contributed by atoms with Gasteiger partial charge in [-0.3, -0.25) is 5.01 Å². The number of aliphatic imine (C=N–C) groups is 1. The van der Waals surface area contributed by atoms with Crippen molar-refractivity contribution in [2.24, 2.45) is 10.8 Å². The fraction of sp³-hybridized carbons (Fsp3) is 0.0769. The van der Waals surface area contributed by atoms with Crippen LogP contribution in [0.3, 0.4) is 0 Å². The molecule has 1 atom stereocenters. The highest BCUT2D eigenvalue weighted by Crippen LogP contribution is 2.33. The Bertz CT molecular complexity index is 606. The molecular formula is C13H11N3OS. The topological polar surface area (TPSA) is 58.7 Å². The number of carbonyl (C=O) groups excluding carboxylic acids is 1. The molecule has 0 bridgehead atoms. The molecule has 90 valence electrons. The predicted octanol–water partition coefficient (Wildman–Crippen LogP) is 2.13. The minimum absolute atomic E-state index is 0.529. The highest BCUT2D eigenvalue weighted by Gasteiger charge is 2.29. The molecule has 1 aromatic heterocycles. The van der Waals surface area contributed by atoms with Gasteiger partial charge in [0.25, 0.3) is 0 Å². The zero-order valence-corrected chi connectivity index (χ0v) is 10.3. The van der Waals surface area contributed by atoms with Crippen LogP contribution >= 0.6 is 11.3 Å². The fourth-order valence-corrected chi connectivity index (χ4v) is 2.76. The van der Waals surface area contributed by atoms with Crippen LogP contribution in [0.5, 0.6) is 0 Å². The summed E-state index contributed by atoms with van der Waals surface area (Å²) in [6.07, 6.45) is 0.828. The SMILES string of the molecule is NN1c2ccccc2N=C(c2cccs2)C1C=O. The molecule has 0 spiro atoms. The zero-order chi connectivity index (χ0) is 12.5. The number of carbonyl (C=O) groups is 1. The van der Waals surface area contributed by atoms with Crippen molar-refractivity contribution in [1.82, 2.24) is 0 Å². The minimum Gasteiger partial charge on any atom is -0.301 e. The number of hydrazine groups is 1. The van der Waals surface area contributed by atoms with Gasteiger partial charge < -0.3 is 4.79 Å². The summed E-state index contributed by atoms with van der Waals surface area (Å²) in [5, 5.41) is 3.44. The van der Waals surface area contributed by atoms with Gasteiger partial charge in [0.15, 0.2) is 0 Å². The molecule has 1 aliphatic heterocycles. The minimum atomic E-state index is -0.529. The van der Waals surface area contributed by atoms with Gasteiger partial charge in [-0.1, -0.05) is 18.2 Å². The Morgan fingerprint density at radius 2 is 2.11 bits per heavy atom. The van der Waals surface area contributed by atoms with E-state index in [0.29, 0.717) is 5.71 Å². The fourth-order valence-electron chi connectivity index (χ4n) is 2.01. The van der Waals surface area contributed by atoms with Crippen molar-refractivity contribution < 1.29 is 4.79 Å².